The third kappa shape index (κ3) is 6.22. The zero-order valence-electron chi connectivity index (χ0n) is 16.2. The molecule has 2 N–H and O–H groups in total. The number of amides is 2. The minimum atomic E-state index is 0. The highest BCUT2D eigenvalue weighted by Gasteiger charge is 2.24. The van der Waals surface area contributed by atoms with Crippen molar-refractivity contribution in [3.63, 3.8) is 0 Å². The molecule has 2 saturated heterocycles. The van der Waals surface area contributed by atoms with E-state index in [0.717, 1.165) is 44.6 Å². The van der Waals surface area contributed by atoms with Crippen LogP contribution in [0.2, 0.25) is 0 Å². The van der Waals surface area contributed by atoms with Crippen LogP contribution in [0, 0.1) is 5.92 Å². The summed E-state index contributed by atoms with van der Waals surface area (Å²) in [5.41, 5.74) is 1.47. The molecule has 0 bridgehead atoms. The summed E-state index contributed by atoms with van der Waals surface area (Å²) < 4.78 is 0. The molecule has 2 heterocycles. The van der Waals surface area contributed by atoms with E-state index >= 15 is 0 Å². The topological polar surface area (TPSA) is 61.4 Å². The maximum atomic E-state index is 12.7. The van der Waals surface area contributed by atoms with Crippen molar-refractivity contribution in [2.24, 2.45) is 5.92 Å². The Bertz CT molecular complexity index is 614. The number of likely N-dealkylation sites (tertiary alicyclic amines) is 1. The Morgan fingerprint density at radius 2 is 1.81 bits per heavy atom. The summed E-state index contributed by atoms with van der Waals surface area (Å²) in [6.07, 6.45) is 7.22. The standard InChI is InChI=1S/C21H31N3O2.ClH/c1-16-4-2-3-15-24(16)21(26)18-6-8-19(9-7-18)23-20(25)10-5-17-11-13-22-14-12-17;/h6-9,16-17,22H,2-5,10-15H2,1H3,(H,23,25);1H. The second-order valence-electron chi connectivity index (χ2n) is 7.70. The van der Waals surface area contributed by atoms with Crippen molar-refractivity contribution in [3.05, 3.63) is 29.8 Å². The number of nitrogens with zero attached hydrogens (tertiary/aromatic N) is 1. The van der Waals surface area contributed by atoms with E-state index in [4.69, 9.17) is 0 Å². The van der Waals surface area contributed by atoms with E-state index < -0.39 is 0 Å². The van der Waals surface area contributed by atoms with Gasteiger partial charge in [-0.2, -0.15) is 0 Å². The van der Waals surface area contributed by atoms with Crippen molar-refractivity contribution >= 4 is 29.9 Å². The van der Waals surface area contributed by atoms with Crippen LogP contribution >= 0.6 is 12.4 Å². The number of hydrogen-bond donors (Lipinski definition) is 2. The average molecular weight is 394 g/mol. The highest BCUT2D eigenvalue weighted by molar-refractivity contribution is 5.96. The van der Waals surface area contributed by atoms with Crippen LogP contribution in [-0.2, 0) is 4.79 Å². The number of hydrogen-bond acceptors (Lipinski definition) is 3. The maximum absolute atomic E-state index is 12.7. The molecule has 2 amide bonds. The zero-order valence-corrected chi connectivity index (χ0v) is 17.0. The second kappa shape index (κ2) is 10.7. The molecule has 150 valence electrons. The summed E-state index contributed by atoms with van der Waals surface area (Å²) in [7, 11) is 0. The van der Waals surface area contributed by atoms with E-state index in [9.17, 15) is 9.59 Å². The smallest absolute Gasteiger partial charge is 0.254 e. The molecule has 3 rings (SSSR count). The number of rotatable bonds is 5. The Morgan fingerprint density at radius 1 is 1.11 bits per heavy atom. The van der Waals surface area contributed by atoms with Crippen molar-refractivity contribution in [2.75, 3.05) is 25.0 Å². The molecule has 1 aromatic rings. The lowest BCUT2D eigenvalue weighted by Crippen LogP contribution is -2.42. The average Bonchev–Trinajstić information content (AvgIpc) is 2.68. The quantitative estimate of drug-likeness (QED) is 0.798. The molecule has 0 aliphatic carbocycles. The molecular weight excluding hydrogens is 362 g/mol. The Hall–Kier alpha value is -1.59. The van der Waals surface area contributed by atoms with Gasteiger partial charge in [0, 0.05) is 30.3 Å². The van der Waals surface area contributed by atoms with E-state index in [0.29, 0.717) is 23.9 Å². The molecule has 1 unspecified atom stereocenters. The van der Waals surface area contributed by atoms with Gasteiger partial charge in [0.15, 0.2) is 0 Å². The third-order valence-corrected chi connectivity index (χ3v) is 5.72. The van der Waals surface area contributed by atoms with Gasteiger partial charge in [0.25, 0.3) is 5.91 Å². The van der Waals surface area contributed by atoms with Gasteiger partial charge in [-0.1, -0.05) is 0 Å². The molecule has 6 heteroatoms. The summed E-state index contributed by atoms with van der Waals surface area (Å²) in [6, 6.07) is 7.64. The lowest BCUT2D eigenvalue weighted by atomic mass is 9.93. The maximum Gasteiger partial charge on any atom is 0.254 e. The van der Waals surface area contributed by atoms with Gasteiger partial charge in [-0.3, -0.25) is 9.59 Å². The molecule has 2 aliphatic rings. The van der Waals surface area contributed by atoms with E-state index in [1.54, 1.807) is 0 Å². The fraction of sp³-hybridized carbons (Fsp3) is 0.619. The summed E-state index contributed by atoms with van der Waals surface area (Å²) in [5.74, 6) is 0.821. The number of benzene rings is 1. The number of nitrogens with one attached hydrogen (secondary N) is 2. The van der Waals surface area contributed by atoms with Crippen molar-refractivity contribution in [1.29, 1.82) is 0 Å². The van der Waals surface area contributed by atoms with Crippen molar-refractivity contribution in [1.82, 2.24) is 10.2 Å². The summed E-state index contributed by atoms with van der Waals surface area (Å²) in [4.78, 5) is 26.8. The Morgan fingerprint density at radius 3 is 2.48 bits per heavy atom. The lowest BCUT2D eigenvalue weighted by Gasteiger charge is -2.33. The van der Waals surface area contributed by atoms with Crippen LogP contribution in [0.3, 0.4) is 0 Å². The minimum absolute atomic E-state index is 0. The molecule has 2 fully saturated rings. The SMILES string of the molecule is CC1CCCCN1C(=O)c1ccc(NC(=O)CCC2CCNCC2)cc1.Cl. The number of anilines is 1. The second-order valence-corrected chi connectivity index (χ2v) is 7.70. The van der Waals surface area contributed by atoms with Crippen LogP contribution in [0.15, 0.2) is 24.3 Å². The van der Waals surface area contributed by atoms with Gasteiger partial charge in [0.1, 0.15) is 0 Å². The molecular formula is C21H32ClN3O2. The minimum Gasteiger partial charge on any atom is -0.336 e. The van der Waals surface area contributed by atoms with Crippen molar-refractivity contribution < 1.29 is 9.59 Å². The van der Waals surface area contributed by atoms with Gasteiger partial charge in [-0.05, 0) is 88.7 Å². The van der Waals surface area contributed by atoms with Crippen molar-refractivity contribution in [3.8, 4) is 0 Å². The Kier molecular flexibility index (Phi) is 8.58. The molecule has 27 heavy (non-hydrogen) atoms. The summed E-state index contributed by atoms with van der Waals surface area (Å²) in [5, 5.41) is 6.31. The normalized spacial score (nSPS) is 20.6. The van der Waals surface area contributed by atoms with E-state index in [2.05, 4.69) is 17.6 Å². The molecule has 1 atom stereocenters. The highest BCUT2D eigenvalue weighted by atomic mass is 35.5. The van der Waals surface area contributed by atoms with Gasteiger partial charge in [0.05, 0.1) is 0 Å². The molecule has 1 aromatic carbocycles. The monoisotopic (exact) mass is 393 g/mol. The van der Waals surface area contributed by atoms with Crippen LogP contribution in [-0.4, -0.2) is 42.4 Å². The van der Waals surface area contributed by atoms with Gasteiger partial charge < -0.3 is 15.5 Å². The predicted molar refractivity (Wildman–Crippen MR) is 111 cm³/mol. The first-order chi connectivity index (χ1) is 12.6. The Balaban J connectivity index is 0.00000261. The fourth-order valence-electron chi connectivity index (χ4n) is 3.99. The molecule has 0 saturated carbocycles. The highest BCUT2D eigenvalue weighted by Crippen LogP contribution is 2.21. The molecule has 2 aliphatic heterocycles. The molecule has 0 aromatic heterocycles. The number of carbonyl (C=O) groups excluding carboxylic acids is 2. The van der Waals surface area contributed by atoms with Crippen LogP contribution in [0.4, 0.5) is 5.69 Å². The largest absolute Gasteiger partial charge is 0.336 e. The lowest BCUT2D eigenvalue weighted by molar-refractivity contribution is -0.116. The van der Waals surface area contributed by atoms with Gasteiger partial charge in [-0.25, -0.2) is 0 Å². The fourth-order valence-corrected chi connectivity index (χ4v) is 3.99. The van der Waals surface area contributed by atoms with Gasteiger partial charge in [0.2, 0.25) is 5.91 Å². The third-order valence-electron chi connectivity index (χ3n) is 5.72. The first kappa shape index (κ1) is 21.7. The molecule has 5 nitrogen and oxygen atoms in total. The van der Waals surface area contributed by atoms with E-state index in [1.165, 1.54) is 19.3 Å². The van der Waals surface area contributed by atoms with Crippen LogP contribution in [0.5, 0.6) is 0 Å². The number of carbonyl (C=O) groups is 2. The number of piperidine rings is 2. The first-order valence-corrected chi connectivity index (χ1v) is 10.0. The van der Waals surface area contributed by atoms with Crippen LogP contribution in [0.25, 0.3) is 0 Å². The van der Waals surface area contributed by atoms with Gasteiger partial charge >= 0.3 is 0 Å². The Labute approximate surface area is 168 Å². The molecule has 0 spiro atoms. The van der Waals surface area contributed by atoms with Crippen molar-refractivity contribution in [2.45, 2.75) is 57.9 Å². The summed E-state index contributed by atoms with van der Waals surface area (Å²) >= 11 is 0. The van der Waals surface area contributed by atoms with Gasteiger partial charge in [-0.15, -0.1) is 12.4 Å². The van der Waals surface area contributed by atoms with Crippen LogP contribution in [0.1, 0.15) is 62.2 Å². The van der Waals surface area contributed by atoms with E-state index in [-0.39, 0.29) is 24.2 Å². The number of halogens is 1. The van der Waals surface area contributed by atoms with E-state index in [1.807, 2.05) is 29.2 Å². The zero-order chi connectivity index (χ0) is 18.4. The molecule has 0 radical (unpaired) electrons. The predicted octanol–water partition coefficient (Wildman–Crippen LogP) is 3.84. The summed E-state index contributed by atoms with van der Waals surface area (Å²) in [6.45, 7) is 5.10. The van der Waals surface area contributed by atoms with Crippen LogP contribution < -0.4 is 10.6 Å². The first-order valence-electron chi connectivity index (χ1n) is 10.0.